The van der Waals surface area contributed by atoms with E-state index in [1.54, 1.807) is 0 Å². The number of anilines is 4. The van der Waals surface area contributed by atoms with Gasteiger partial charge in [-0.2, -0.15) is 0 Å². The van der Waals surface area contributed by atoms with Crippen molar-refractivity contribution in [3.05, 3.63) is 144 Å². The summed E-state index contributed by atoms with van der Waals surface area (Å²) in [6.07, 6.45) is 8.15. The van der Waals surface area contributed by atoms with Crippen LogP contribution in [0.4, 0.5) is 22.7 Å². The van der Waals surface area contributed by atoms with Crippen LogP contribution in [0.3, 0.4) is 0 Å². The van der Waals surface area contributed by atoms with E-state index in [2.05, 4.69) is 0 Å². The van der Waals surface area contributed by atoms with Crippen LogP contribution < -0.4 is 32.9 Å². The molecule has 0 radical (unpaired) electrons. The number of nitrogens with zero attached hydrogens (tertiary/aromatic N) is 4. The van der Waals surface area contributed by atoms with Crippen LogP contribution in [0.2, 0.25) is 0 Å². The Hall–Kier alpha value is -6.63. The molecule has 9 rings (SSSR count). The van der Waals surface area contributed by atoms with Crippen molar-refractivity contribution in [2.75, 3.05) is 22.9 Å². The maximum absolute atomic E-state index is 6.13. The van der Waals surface area contributed by atoms with Crippen molar-refractivity contribution in [2.45, 2.75) is 0 Å². The van der Waals surface area contributed by atoms with Crippen LogP contribution in [0.1, 0.15) is 22.8 Å². The second-order valence-electron chi connectivity index (χ2n) is 12.9. The van der Waals surface area contributed by atoms with Crippen molar-refractivity contribution in [3.8, 4) is 44.5 Å². The molecule has 0 saturated heterocycles. The van der Waals surface area contributed by atoms with Crippen molar-refractivity contribution >= 4 is 69.1 Å². The number of rotatable bonds is 4. The van der Waals surface area contributed by atoms with E-state index in [9.17, 15) is 0 Å². The molecule has 2 aliphatic rings. The van der Waals surface area contributed by atoms with Crippen molar-refractivity contribution in [1.82, 2.24) is 19.9 Å². The fourth-order valence-corrected chi connectivity index (χ4v) is 6.87. The van der Waals surface area contributed by atoms with Crippen molar-refractivity contribution < 1.29 is 21.1 Å². The van der Waals surface area contributed by atoms with Crippen molar-refractivity contribution in [3.63, 3.8) is 0 Å². The molecule has 0 amide bonds. The van der Waals surface area contributed by atoms with Crippen LogP contribution in [0.25, 0.3) is 90.9 Å². The standard InChI is InChI=1S/C44H32N8.Pt/c45-29-9-1-25(2-10-29)41-33-17-19-35(49-33)42(26-3-11-30(46)12-4-26)37-21-23-39(51-37)44(28-7-15-32(48)16-8-28)40-24-22-38(52-40)43(36-20-18-34(41)50-36)27-5-13-31(47)14-6-27;/h1-24H,45-48H2;/q-2;+2. The fraction of sp³-hybridized carbons (Fsp3) is 0. The Kier molecular flexibility index (Phi) is 8.53. The molecule has 3 aromatic heterocycles. The second-order valence-corrected chi connectivity index (χ2v) is 12.9. The van der Waals surface area contributed by atoms with Crippen molar-refractivity contribution in [1.29, 1.82) is 0 Å². The van der Waals surface area contributed by atoms with E-state index in [1.165, 1.54) is 0 Å². The molecule has 8 nitrogen and oxygen atoms in total. The molecule has 2 aliphatic heterocycles. The molecule has 258 valence electrons. The van der Waals surface area contributed by atoms with Gasteiger partial charge in [0.05, 0.1) is 22.8 Å². The SMILES string of the molecule is Nc1ccc(-c2c3nc(c(-c4ccc(N)cc4)c4ccc([n-]4)c(-c4ccc(N)cc4)c4nc(c(-c5ccc(N)cc5)c5ccc2[n-]5)C=C4)C=C3)cc1.[Pt+2]. The molecule has 7 aromatic rings. The summed E-state index contributed by atoms with van der Waals surface area (Å²) in [6.45, 7) is 0. The molecule has 5 heterocycles. The van der Waals surface area contributed by atoms with E-state index in [1.807, 2.05) is 146 Å². The van der Waals surface area contributed by atoms with E-state index < -0.39 is 0 Å². The Balaban J connectivity index is 0.00000400. The van der Waals surface area contributed by atoms with Gasteiger partial charge in [-0.05, 0) is 117 Å². The number of hydrogen-bond donors (Lipinski definition) is 4. The van der Waals surface area contributed by atoms with E-state index >= 15 is 0 Å². The average Bonchev–Trinajstić information content (AvgIpc) is 3.99. The average molecular weight is 868 g/mol. The van der Waals surface area contributed by atoms with E-state index in [4.69, 9.17) is 42.9 Å². The van der Waals surface area contributed by atoms with Crippen LogP contribution >= 0.6 is 0 Å². The van der Waals surface area contributed by atoms with Gasteiger partial charge in [0.2, 0.25) is 0 Å². The first-order valence-electron chi connectivity index (χ1n) is 16.9. The molecule has 8 N–H and O–H groups in total. The van der Waals surface area contributed by atoms with Gasteiger partial charge < -0.3 is 32.9 Å². The van der Waals surface area contributed by atoms with E-state index in [-0.39, 0.29) is 21.1 Å². The minimum Gasteiger partial charge on any atom is -0.657 e. The molecular formula is C44H32N8Pt. The second kappa shape index (κ2) is 13.5. The number of fused-ring (bicyclic) bond motifs is 8. The largest absolute Gasteiger partial charge is 2.00 e. The van der Waals surface area contributed by atoms with Crippen LogP contribution in [0.15, 0.2) is 121 Å². The summed E-state index contributed by atoms with van der Waals surface area (Å²) in [6, 6.07) is 39.4. The van der Waals surface area contributed by atoms with Gasteiger partial charge in [0.1, 0.15) is 0 Å². The van der Waals surface area contributed by atoms with E-state index in [0.717, 1.165) is 89.4 Å². The van der Waals surface area contributed by atoms with Gasteiger partial charge in [-0.1, -0.05) is 72.8 Å². The van der Waals surface area contributed by atoms with Gasteiger partial charge in [-0.25, -0.2) is 9.97 Å². The predicted octanol–water partition coefficient (Wildman–Crippen LogP) is 8.91. The Bertz CT molecular complexity index is 2370. The first kappa shape index (κ1) is 33.5. The van der Waals surface area contributed by atoms with Gasteiger partial charge in [0, 0.05) is 22.7 Å². The summed E-state index contributed by atoms with van der Waals surface area (Å²) < 4.78 is 0. The first-order valence-corrected chi connectivity index (χ1v) is 16.9. The maximum atomic E-state index is 6.13. The summed E-state index contributed by atoms with van der Waals surface area (Å²) in [5.74, 6) is 0. The van der Waals surface area contributed by atoms with Gasteiger partial charge in [0.15, 0.2) is 0 Å². The maximum Gasteiger partial charge on any atom is 2.00 e. The van der Waals surface area contributed by atoms with E-state index in [0.29, 0.717) is 22.7 Å². The molecule has 0 atom stereocenters. The molecule has 0 unspecified atom stereocenters. The third-order valence-corrected chi connectivity index (χ3v) is 9.41. The Labute approximate surface area is 320 Å². The normalized spacial score (nSPS) is 11.8. The Morgan fingerprint density at radius 2 is 0.509 bits per heavy atom. The van der Waals surface area contributed by atoms with Crippen LogP contribution in [-0.2, 0) is 21.1 Å². The zero-order chi connectivity index (χ0) is 35.3. The molecule has 0 saturated carbocycles. The molecule has 4 aromatic carbocycles. The monoisotopic (exact) mass is 867 g/mol. The molecule has 0 fully saturated rings. The smallest absolute Gasteiger partial charge is 0.657 e. The van der Waals surface area contributed by atoms with Gasteiger partial charge in [-0.15, -0.1) is 22.1 Å². The van der Waals surface area contributed by atoms with Crippen molar-refractivity contribution in [2.24, 2.45) is 0 Å². The minimum atomic E-state index is 0. The fourth-order valence-electron chi connectivity index (χ4n) is 6.87. The summed E-state index contributed by atoms with van der Waals surface area (Å²) in [5.41, 5.74) is 40.7. The summed E-state index contributed by atoms with van der Waals surface area (Å²) >= 11 is 0. The first-order chi connectivity index (χ1) is 25.4. The molecular weight excluding hydrogens is 836 g/mol. The van der Waals surface area contributed by atoms with Crippen LogP contribution in [0, 0.1) is 0 Å². The number of benzene rings is 4. The molecule has 8 bridgehead atoms. The number of nitrogen functional groups attached to an aromatic ring is 4. The summed E-state index contributed by atoms with van der Waals surface area (Å²) in [4.78, 5) is 21.1. The summed E-state index contributed by atoms with van der Waals surface area (Å²) in [7, 11) is 0. The Morgan fingerprint density at radius 3 is 0.717 bits per heavy atom. The third kappa shape index (κ3) is 6.19. The molecule has 9 heteroatoms. The molecule has 0 spiro atoms. The molecule has 53 heavy (non-hydrogen) atoms. The minimum absolute atomic E-state index is 0. The van der Waals surface area contributed by atoms with Gasteiger partial charge in [-0.3, -0.25) is 0 Å². The Morgan fingerprint density at radius 1 is 0.302 bits per heavy atom. The topological polar surface area (TPSA) is 158 Å². The van der Waals surface area contributed by atoms with Gasteiger partial charge >= 0.3 is 21.1 Å². The number of aromatic nitrogens is 4. The number of hydrogen-bond acceptors (Lipinski definition) is 6. The predicted molar refractivity (Wildman–Crippen MR) is 216 cm³/mol. The van der Waals surface area contributed by atoms with Gasteiger partial charge in [0.25, 0.3) is 0 Å². The third-order valence-electron chi connectivity index (χ3n) is 9.41. The van der Waals surface area contributed by atoms with Crippen LogP contribution in [-0.4, -0.2) is 9.97 Å². The summed E-state index contributed by atoms with van der Waals surface area (Å²) in [5, 5.41) is 0. The quantitative estimate of drug-likeness (QED) is 0.128. The molecule has 0 aliphatic carbocycles. The number of nitrogens with two attached hydrogens (primary N) is 4. The zero-order valence-corrected chi connectivity index (χ0v) is 30.5. The zero-order valence-electron chi connectivity index (χ0n) is 28.3. The van der Waals surface area contributed by atoms with Crippen LogP contribution in [0.5, 0.6) is 0 Å².